The summed E-state index contributed by atoms with van der Waals surface area (Å²) in [4.78, 5) is 22.2. The molecule has 0 saturated heterocycles. The average Bonchev–Trinajstić information content (AvgIpc) is 2.86. The summed E-state index contributed by atoms with van der Waals surface area (Å²) in [5, 5.41) is 21.4. The van der Waals surface area contributed by atoms with Crippen LogP contribution in [0.25, 0.3) is 0 Å². The van der Waals surface area contributed by atoms with Crippen molar-refractivity contribution in [2.24, 2.45) is 0 Å². The van der Waals surface area contributed by atoms with E-state index in [1.165, 1.54) is 35.2 Å². The molecule has 0 radical (unpaired) electrons. The Morgan fingerprint density at radius 2 is 2.29 bits per heavy atom. The van der Waals surface area contributed by atoms with Crippen molar-refractivity contribution in [3.8, 4) is 0 Å². The minimum absolute atomic E-state index is 0.0192. The number of hydrogen-bond acceptors (Lipinski definition) is 7. The Labute approximate surface area is 132 Å². The quantitative estimate of drug-likeness (QED) is 0.386. The maximum atomic E-state index is 12.1. The highest BCUT2D eigenvalue weighted by Gasteiger charge is 2.17. The second kappa shape index (κ2) is 6.83. The number of carbonyl (C=O) groups excluding carboxylic acids is 1. The molecule has 1 N–H and O–H groups in total. The molecule has 1 aromatic carbocycles. The van der Waals surface area contributed by atoms with Crippen molar-refractivity contribution in [3.63, 3.8) is 0 Å². The van der Waals surface area contributed by atoms with Crippen molar-refractivity contribution in [3.05, 3.63) is 38.9 Å². The molecule has 10 heteroatoms. The van der Waals surface area contributed by atoms with Crippen LogP contribution in [0.15, 0.2) is 22.5 Å². The van der Waals surface area contributed by atoms with Gasteiger partial charge in [-0.15, -0.1) is 10.2 Å². The predicted octanol–water partition coefficient (Wildman–Crippen LogP) is 3.46. The third kappa shape index (κ3) is 3.90. The molecular weight excluding hydrogens is 336 g/mol. The lowest BCUT2D eigenvalue weighted by atomic mass is 10.2. The summed E-state index contributed by atoms with van der Waals surface area (Å²) in [6, 6.07) is 3.67. The number of nitrogens with zero attached hydrogens (tertiary/aromatic N) is 3. The molecule has 0 atom stereocenters. The van der Waals surface area contributed by atoms with Gasteiger partial charge < -0.3 is 0 Å². The van der Waals surface area contributed by atoms with E-state index in [1.54, 1.807) is 0 Å². The van der Waals surface area contributed by atoms with E-state index >= 15 is 0 Å². The average molecular weight is 345 g/mol. The van der Waals surface area contributed by atoms with Crippen LogP contribution in [0.4, 0.5) is 10.8 Å². The van der Waals surface area contributed by atoms with Gasteiger partial charge in [0.25, 0.3) is 11.6 Å². The molecule has 0 aliphatic heterocycles. The first-order valence-corrected chi connectivity index (χ1v) is 7.91. The molecule has 21 heavy (non-hydrogen) atoms. The number of rotatable bonds is 5. The molecule has 0 aliphatic rings. The van der Waals surface area contributed by atoms with Crippen LogP contribution in [0.2, 0.25) is 5.02 Å². The molecular formula is C11H9ClN4O3S2. The van der Waals surface area contributed by atoms with E-state index in [0.717, 1.165) is 16.2 Å². The molecule has 2 aromatic rings. The maximum Gasteiger partial charge on any atom is 0.270 e. The van der Waals surface area contributed by atoms with Crippen molar-refractivity contribution >= 4 is 51.4 Å². The number of non-ortho nitro benzene ring substituents is 1. The summed E-state index contributed by atoms with van der Waals surface area (Å²) in [5.41, 5.74) is -0.185. The number of nitro benzene ring substituents is 1. The van der Waals surface area contributed by atoms with Gasteiger partial charge in [-0.25, -0.2) is 0 Å². The van der Waals surface area contributed by atoms with E-state index in [-0.39, 0.29) is 16.3 Å². The van der Waals surface area contributed by atoms with Crippen molar-refractivity contribution in [1.82, 2.24) is 10.2 Å². The van der Waals surface area contributed by atoms with Crippen molar-refractivity contribution < 1.29 is 9.72 Å². The van der Waals surface area contributed by atoms with Crippen LogP contribution in [0.5, 0.6) is 0 Å². The highest BCUT2D eigenvalue weighted by Crippen LogP contribution is 2.27. The van der Waals surface area contributed by atoms with Crippen LogP contribution in [-0.4, -0.2) is 26.8 Å². The predicted molar refractivity (Wildman–Crippen MR) is 82.4 cm³/mol. The van der Waals surface area contributed by atoms with Crippen molar-refractivity contribution in [2.75, 3.05) is 11.1 Å². The number of aromatic nitrogens is 2. The van der Waals surface area contributed by atoms with E-state index in [1.807, 2.05) is 6.92 Å². The van der Waals surface area contributed by atoms with Gasteiger partial charge in [0.1, 0.15) is 0 Å². The summed E-state index contributed by atoms with van der Waals surface area (Å²) in [7, 11) is 0. The number of carbonyl (C=O) groups is 1. The number of hydrogen-bond donors (Lipinski definition) is 1. The van der Waals surface area contributed by atoms with Gasteiger partial charge in [0.2, 0.25) is 5.13 Å². The number of thioether (sulfide) groups is 1. The molecule has 0 aliphatic carbocycles. The van der Waals surface area contributed by atoms with Crippen molar-refractivity contribution in [1.29, 1.82) is 0 Å². The van der Waals surface area contributed by atoms with E-state index in [9.17, 15) is 14.9 Å². The summed E-state index contributed by atoms with van der Waals surface area (Å²) < 4.78 is 0.734. The molecule has 0 saturated carbocycles. The highest BCUT2D eigenvalue weighted by molar-refractivity contribution is 8.01. The smallest absolute Gasteiger partial charge is 0.270 e. The third-order valence-corrected chi connectivity index (χ3v) is 4.48. The molecule has 110 valence electrons. The summed E-state index contributed by atoms with van der Waals surface area (Å²) >= 11 is 8.63. The minimum atomic E-state index is -0.589. The Morgan fingerprint density at radius 1 is 1.52 bits per heavy atom. The van der Waals surface area contributed by atoms with Crippen LogP contribution < -0.4 is 5.32 Å². The minimum Gasteiger partial charge on any atom is -0.296 e. The highest BCUT2D eigenvalue weighted by atomic mass is 35.5. The monoisotopic (exact) mass is 344 g/mol. The lowest BCUT2D eigenvalue weighted by Crippen LogP contribution is -2.12. The van der Waals surface area contributed by atoms with Gasteiger partial charge in [0.05, 0.1) is 15.5 Å². The van der Waals surface area contributed by atoms with E-state index in [2.05, 4.69) is 15.5 Å². The number of nitro groups is 1. The number of anilines is 1. The lowest BCUT2D eigenvalue weighted by Gasteiger charge is -2.03. The number of benzene rings is 1. The molecule has 1 heterocycles. The molecule has 2 rings (SSSR count). The van der Waals surface area contributed by atoms with Gasteiger partial charge in [0, 0.05) is 12.1 Å². The lowest BCUT2D eigenvalue weighted by molar-refractivity contribution is -0.384. The molecule has 0 bridgehead atoms. The van der Waals surface area contributed by atoms with E-state index < -0.39 is 10.8 Å². The van der Waals surface area contributed by atoms with E-state index in [4.69, 9.17) is 11.6 Å². The van der Waals surface area contributed by atoms with Crippen LogP contribution >= 0.6 is 34.7 Å². The largest absolute Gasteiger partial charge is 0.296 e. The van der Waals surface area contributed by atoms with Crippen LogP contribution in [0.1, 0.15) is 17.3 Å². The number of nitrogens with one attached hydrogen (secondary N) is 1. The van der Waals surface area contributed by atoms with Crippen molar-refractivity contribution in [2.45, 2.75) is 11.3 Å². The van der Waals surface area contributed by atoms with Gasteiger partial charge in [-0.1, -0.05) is 41.6 Å². The fraction of sp³-hybridized carbons (Fsp3) is 0.182. The Balaban J connectivity index is 2.19. The molecule has 1 aromatic heterocycles. The third-order valence-electron chi connectivity index (χ3n) is 2.30. The molecule has 0 spiro atoms. The first kappa shape index (κ1) is 15.7. The molecule has 1 amide bonds. The normalized spacial score (nSPS) is 10.4. The zero-order valence-electron chi connectivity index (χ0n) is 10.7. The Kier molecular flexibility index (Phi) is 5.10. The van der Waals surface area contributed by atoms with Gasteiger partial charge in [0.15, 0.2) is 4.34 Å². The fourth-order valence-electron chi connectivity index (χ4n) is 1.41. The molecule has 0 fully saturated rings. The second-order valence-corrected chi connectivity index (χ2v) is 6.58. The SMILES string of the molecule is CCSc1nnc(NC(=O)c2cc([N+](=O)[O-])ccc2Cl)s1. The zero-order valence-corrected chi connectivity index (χ0v) is 13.1. The summed E-state index contributed by atoms with van der Waals surface area (Å²) in [6.07, 6.45) is 0. The van der Waals surface area contributed by atoms with Crippen LogP contribution in [0.3, 0.4) is 0 Å². The maximum absolute atomic E-state index is 12.1. The summed E-state index contributed by atoms with van der Waals surface area (Å²) in [5.74, 6) is 0.284. The summed E-state index contributed by atoms with van der Waals surface area (Å²) in [6.45, 7) is 1.98. The van der Waals surface area contributed by atoms with Gasteiger partial charge in [-0.05, 0) is 11.8 Å². The Bertz CT molecular complexity index is 692. The Morgan fingerprint density at radius 3 is 2.95 bits per heavy atom. The Hall–Kier alpha value is -1.71. The van der Waals surface area contributed by atoms with Gasteiger partial charge in [-0.3, -0.25) is 20.2 Å². The number of amides is 1. The first-order valence-electron chi connectivity index (χ1n) is 5.73. The van der Waals surface area contributed by atoms with Crippen LogP contribution in [0, 0.1) is 10.1 Å². The van der Waals surface area contributed by atoms with Gasteiger partial charge in [-0.2, -0.15) is 0 Å². The molecule has 0 unspecified atom stereocenters. The van der Waals surface area contributed by atoms with Gasteiger partial charge >= 0.3 is 0 Å². The number of halogens is 1. The zero-order chi connectivity index (χ0) is 15.4. The van der Waals surface area contributed by atoms with E-state index in [0.29, 0.717) is 5.13 Å². The first-order chi connectivity index (χ1) is 10.0. The fourth-order valence-corrected chi connectivity index (χ4v) is 3.25. The topological polar surface area (TPSA) is 98.0 Å². The standard InChI is InChI=1S/C11H9ClN4O3S2/c1-2-20-11-15-14-10(21-11)13-9(17)7-5-6(16(18)19)3-4-8(7)12/h3-5H,2H2,1H3,(H,13,14,17). The second-order valence-electron chi connectivity index (χ2n) is 3.68. The molecule has 7 nitrogen and oxygen atoms in total. The van der Waals surface area contributed by atoms with Crippen LogP contribution in [-0.2, 0) is 0 Å².